The zero-order chi connectivity index (χ0) is 18.7. The van der Waals surface area contributed by atoms with Crippen molar-refractivity contribution in [2.75, 3.05) is 18.4 Å². The average molecular weight is 372 g/mol. The van der Waals surface area contributed by atoms with Crippen molar-refractivity contribution in [1.29, 1.82) is 0 Å². The molecule has 0 bridgehead atoms. The van der Waals surface area contributed by atoms with Crippen molar-refractivity contribution >= 4 is 21.6 Å². The Hall–Kier alpha value is -2.18. The molecule has 2 aromatic rings. The molecule has 0 saturated carbocycles. The molecule has 1 saturated heterocycles. The van der Waals surface area contributed by atoms with E-state index in [9.17, 15) is 13.2 Å². The van der Waals surface area contributed by atoms with Crippen LogP contribution < -0.4 is 5.32 Å². The van der Waals surface area contributed by atoms with Crippen molar-refractivity contribution in [3.8, 4) is 0 Å². The van der Waals surface area contributed by atoms with Crippen LogP contribution in [0.25, 0.3) is 0 Å². The molecule has 6 heteroatoms. The van der Waals surface area contributed by atoms with E-state index in [0.29, 0.717) is 30.8 Å². The Kier molecular flexibility index (Phi) is 5.44. The summed E-state index contributed by atoms with van der Waals surface area (Å²) in [6, 6.07) is 14.7. The molecule has 1 heterocycles. The molecule has 0 unspecified atom stereocenters. The molecular formula is C20H24N2O3S. The van der Waals surface area contributed by atoms with Gasteiger partial charge >= 0.3 is 0 Å². The molecular weight excluding hydrogens is 348 g/mol. The fraction of sp³-hybridized carbons (Fsp3) is 0.350. The summed E-state index contributed by atoms with van der Waals surface area (Å²) in [5, 5.41) is 2.97. The Morgan fingerprint density at radius 3 is 2.15 bits per heavy atom. The average Bonchev–Trinajstić information content (AvgIpc) is 2.64. The number of nitrogens with zero attached hydrogens (tertiary/aromatic N) is 1. The third-order valence-electron chi connectivity index (χ3n) is 4.94. The Balaban J connectivity index is 1.65. The first-order chi connectivity index (χ1) is 12.4. The molecule has 0 atom stereocenters. The van der Waals surface area contributed by atoms with E-state index in [2.05, 4.69) is 5.32 Å². The van der Waals surface area contributed by atoms with Gasteiger partial charge in [0.15, 0.2) is 0 Å². The molecule has 26 heavy (non-hydrogen) atoms. The van der Waals surface area contributed by atoms with Gasteiger partial charge in [0, 0.05) is 24.7 Å². The molecule has 1 fully saturated rings. The van der Waals surface area contributed by atoms with Crippen LogP contribution in [0.2, 0.25) is 0 Å². The van der Waals surface area contributed by atoms with Gasteiger partial charge in [-0.1, -0.05) is 36.4 Å². The van der Waals surface area contributed by atoms with Crippen molar-refractivity contribution in [3.63, 3.8) is 0 Å². The van der Waals surface area contributed by atoms with Crippen molar-refractivity contribution in [3.05, 3.63) is 59.7 Å². The molecule has 0 aromatic heterocycles. The number of piperidine rings is 1. The molecule has 138 valence electrons. The Bertz CT molecular complexity index is 901. The second-order valence-electron chi connectivity index (χ2n) is 6.75. The second kappa shape index (κ2) is 7.60. The second-order valence-corrected chi connectivity index (χ2v) is 8.65. The highest BCUT2D eigenvalue weighted by Gasteiger charge is 2.32. The van der Waals surface area contributed by atoms with Crippen molar-refractivity contribution in [2.45, 2.75) is 31.6 Å². The highest BCUT2D eigenvalue weighted by Crippen LogP contribution is 2.26. The lowest BCUT2D eigenvalue weighted by atomic mass is 9.97. The predicted molar refractivity (Wildman–Crippen MR) is 102 cm³/mol. The molecule has 1 aliphatic heterocycles. The summed E-state index contributed by atoms with van der Waals surface area (Å²) >= 11 is 0. The zero-order valence-electron chi connectivity index (χ0n) is 15.1. The molecule has 3 rings (SSSR count). The maximum Gasteiger partial charge on any atom is 0.243 e. The van der Waals surface area contributed by atoms with Crippen LogP contribution in [0.4, 0.5) is 5.69 Å². The number of rotatable bonds is 4. The minimum atomic E-state index is -3.51. The van der Waals surface area contributed by atoms with Gasteiger partial charge in [-0.15, -0.1) is 0 Å². The molecule has 1 amide bonds. The minimum Gasteiger partial charge on any atom is -0.326 e. The van der Waals surface area contributed by atoms with Gasteiger partial charge in [-0.25, -0.2) is 8.42 Å². The number of nitrogens with one attached hydrogen (secondary N) is 1. The van der Waals surface area contributed by atoms with E-state index in [4.69, 9.17) is 0 Å². The number of carbonyl (C=O) groups is 1. The summed E-state index contributed by atoms with van der Waals surface area (Å²) in [5.74, 6) is -0.204. The van der Waals surface area contributed by atoms with Crippen LogP contribution in [0.15, 0.2) is 53.4 Å². The standard InChI is InChI=1S/C20H24N2O3S/c1-15-7-3-5-9-18(15)21-20(23)17-11-13-22(14-12-17)26(24,25)19-10-6-4-8-16(19)2/h3-10,17H,11-14H2,1-2H3,(H,21,23). The summed E-state index contributed by atoms with van der Waals surface area (Å²) in [7, 11) is -3.51. The summed E-state index contributed by atoms with van der Waals surface area (Å²) in [5.41, 5.74) is 2.57. The smallest absolute Gasteiger partial charge is 0.243 e. The molecule has 5 nitrogen and oxygen atoms in total. The lowest BCUT2D eigenvalue weighted by molar-refractivity contribution is -0.120. The van der Waals surface area contributed by atoms with Crippen molar-refractivity contribution in [2.24, 2.45) is 5.92 Å². The van der Waals surface area contributed by atoms with Crippen LogP contribution in [0.1, 0.15) is 24.0 Å². The molecule has 1 N–H and O–H groups in total. The van der Waals surface area contributed by atoms with E-state index in [1.54, 1.807) is 25.1 Å². The summed E-state index contributed by atoms with van der Waals surface area (Å²) in [4.78, 5) is 12.9. The van der Waals surface area contributed by atoms with E-state index >= 15 is 0 Å². The third kappa shape index (κ3) is 3.81. The number of anilines is 1. The Morgan fingerprint density at radius 2 is 1.54 bits per heavy atom. The molecule has 2 aromatic carbocycles. The van der Waals surface area contributed by atoms with Gasteiger partial charge in [0.2, 0.25) is 15.9 Å². The fourth-order valence-electron chi connectivity index (χ4n) is 3.29. The quantitative estimate of drug-likeness (QED) is 0.895. The first kappa shape index (κ1) is 18.6. The van der Waals surface area contributed by atoms with Crippen LogP contribution in [0.3, 0.4) is 0 Å². The van der Waals surface area contributed by atoms with Gasteiger partial charge < -0.3 is 5.32 Å². The Labute approximate surface area is 155 Å². The van der Waals surface area contributed by atoms with Gasteiger partial charge in [-0.3, -0.25) is 4.79 Å². The minimum absolute atomic E-state index is 0.0350. The number of hydrogen-bond acceptors (Lipinski definition) is 3. The summed E-state index contributed by atoms with van der Waals surface area (Å²) in [6.07, 6.45) is 1.06. The highest BCUT2D eigenvalue weighted by molar-refractivity contribution is 7.89. The van der Waals surface area contributed by atoms with Gasteiger partial charge in [0.05, 0.1) is 4.90 Å². The van der Waals surface area contributed by atoms with Gasteiger partial charge in [-0.05, 0) is 49.9 Å². The zero-order valence-corrected chi connectivity index (χ0v) is 15.9. The summed E-state index contributed by atoms with van der Waals surface area (Å²) < 4.78 is 27.2. The maximum absolute atomic E-state index is 12.8. The lowest BCUT2D eigenvalue weighted by Gasteiger charge is -2.31. The van der Waals surface area contributed by atoms with Gasteiger partial charge in [0.25, 0.3) is 0 Å². The SMILES string of the molecule is Cc1ccccc1NC(=O)C1CCN(S(=O)(=O)c2ccccc2C)CC1. The van der Waals surface area contributed by atoms with E-state index in [-0.39, 0.29) is 11.8 Å². The first-order valence-corrected chi connectivity index (χ1v) is 10.3. The normalized spacial score (nSPS) is 16.4. The lowest BCUT2D eigenvalue weighted by Crippen LogP contribution is -2.41. The predicted octanol–water partition coefficient (Wildman–Crippen LogP) is 3.34. The molecule has 0 radical (unpaired) electrons. The fourth-order valence-corrected chi connectivity index (χ4v) is 4.99. The van der Waals surface area contributed by atoms with Crippen LogP contribution in [0, 0.1) is 19.8 Å². The number of para-hydroxylation sites is 1. The first-order valence-electron chi connectivity index (χ1n) is 8.82. The van der Waals surface area contributed by atoms with Crippen LogP contribution in [-0.4, -0.2) is 31.7 Å². The van der Waals surface area contributed by atoms with Crippen LogP contribution >= 0.6 is 0 Å². The van der Waals surface area contributed by atoms with E-state index in [1.807, 2.05) is 37.3 Å². The molecule has 0 aliphatic carbocycles. The van der Waals surface area contributed by atoms with E-state index in [1.165, 1.54) is 4.31 Å². The van der Waals surface area contributed by atoms with Gasteiger partial charge in [-0.2, -0.15) is 4.31 Å². The van der Waals surface area contributed by atoms with Crippen LogP contribution in [-0.2, 0) is 14.8 Å². The monoisotopic (exact) mass is 372 g/mol. The maximum atomic E-state index is 12.8. The number of amides is 1. The number of aryl methyl sites for hydroxylation is 2. The Morgan fingerprint density at radius 1 is 0.962 bits per heavy atom. The van der Waals surface area contributed by atoms with Crippen molar-refractivity contribution < 1.29 is 13.2 Å². The number of benzene rings is 2. The largest absolute Gasteiger partial charge is 0.326 e. The molecule has 1 aliphatic rings. The van der Waals surface area contributed by atoms with E-state index in [0.717, 1.165) is 16.8 Å². The van der Waals surface area contributed by atoms with Gasteiger partial charge in [0.1, 0.15) is 0 Å². The number of sulfonamides is 1. The summed E-state index contributed by atoms with van der Waals surface area (Å²) in [6.45, 7) is 4.48. The van der Waals surface area contributed by atoms with Crippen molar-refractivity contribution in [1.82, 2.24) is 4.31 Å². The third-order valence-corrected chi connectivity index (χ3v) is 7.00. The number of carbonyl (C=O) groups excluding carboxylic acids is 1. The molecule has 0 spiro atoms. The van der Waals surface area contributed by atoms with Crippen LogP contribution in [0.5, 0.6) is 0 Å². The van der Waals surface area contributed by atoms with E-state index < -0.39 is 10.0 Å². The number of hydrogen-bond donors (Lipinski definition) is 1. The highest BCUT2D eigenvalue weighted by atomic mass is 32.2. The topological polar surface area (TPSA) is 66.5 Å².